The Labute approximate surface area is 201 Å². The quantitative estimate of drug-likeness (QED) is 0.244. The second-order valence-electron chi connectivity index (χ2n) is 7.79. The molecule has 3 N–H and O–H groups in total. The molecule has 1 amide bonds. The zero-order valence-electron chi connectivity index (χ0n) is 18.2. The van der Waals surface area contributed by atoms with Gasteiger partial charge in [0.1, 0.15) is 0 Å². The van der Waals surface area contributed by atoms with Gasteiger partial charge in [0, 0.05) is 0 Å². The summed E-state index contributed by atoms with van der Waals surface area (Å²) in [6.07, 6.45) is 4.27. The molecule has 0 fully saturated rings. The molecule has 2 aromatic heterocycles. The van der Waals surface area contributed by atoms with Crippen molar-refractivity contribution in [2.45, 2.75) is 10.3 Å². The molecular formula is C23H24FIN5O3-. The van der Waals surface area contributed by atoms with Crippen molar-refractivity contribution in [2.75, 3.05) is 39.2 Å². The van der Waals surface area contributed by atoms with Gasteiger partial charge in [0.2, 0.25) is 0 Å². The Balaban J connectivity index is 1.73. The number of carbonyl (C=O) groups excluding carboxylic acids is 1. The van der Waals surface area contributed by atoms with Crippen LogP contribution in [-0.4, -0.2) is 52.8 Å². The van der Waals surface area contributed by atoms with Crippen molar-refractivity contribution in [3.8, 4) is 22.8 Å². The van der Waals surface area contributed by atoms with Gasteiger partial charge < -0.3 is 0 Å². The number of halogens is 2. The number of rotatable bonds is 3. The summed E-state index contributed by atoms with van der Waals surface area (Å²) in [4.78, 5) is 20.9. The van der Waals surface area contributed by atoms with E-state index in [0.717, 1.165) is 24.2 Å². The van der Waals surface area contributed by atoms with Gasteiger partial charge in [-0.15, -0.1) is 0 Å². The van der Waals surface area contributed by atoms with Gasteiger partial charge in [-0.1, -0.05) is 0 Å². The summed E-state index contributed by atoms with van der Waals surface area (Å²) in [6, 6.07) is 6.53. The number of anilines is 2. The first-order valence-corrected chi connectivity index (χ1v) is 12.8. The number of nitrogens with one attached hydrogen (secondary N) is 3. The first kappa shape index (κ1) is 22.0. The predicted octanol–water partition coefficient (Wildman–Crippen LogP) is 0.471. The van der Waals surface area contributed by atoms with E-state index >= 15 is 0 Å². The molecule has 2 aliphatic rings. The van der Waals surface area contributed by atoms with Gasteiger partial charge in [-0.3, -0.25) is 0 Å². The average Bonchev–Trinajstić information content (AvgIpc) is 3.18. The first-order valence-electron chi connectivity index (χ1n) is 10.6. The van der Waals surface area contributed by atoms with Crippen molar-refractivity contribution >= 4 is 17.3 Å². The molecular weight excluding hydrogens is 540 g/mol. The van der Waals surface area contributed by atoms with Crippen LogP contribution in [0.4, 0.5) is 15.8 Å². The van der Waals surface area contributed by atoms with Gasteiger partial charge in [0.25, 0.3) is 0 Å². The number of para-hydroxylation sites is 1. The van der Waals surface area contributed by atoms with E-state index in [0.29, 0.717) is 41.5 Å². The van der Waals surface area contributed by atoms with Crippen LogP contribution in [0.25, 0.3) is 11.3 Å². The van der Waals surface area contributed by atoms with Crippen LogP contribution >= 0.6 is 0 Å². The van der Waals surface area contributed by atoms with E-state index in [1.165, 1.54) is 13.2 Å². The minimum absolute atomic E-state index is 0.0856. The minimum atomic E-state index is -0.484. The van der Waals surface area contributed by atoms with E-state index < -0.39 is 27.3 Å². The van der Waals surface area contributed by atoms with E-state index in [1.807, 2.05) is 6.07 Å². The molecule has 3 aromatic rings. The molecule has 2 bridgehead atoms. The van der Waals surface area contributed by atoms with Crippen LogP contribution in [0.3, 0.4) is 0 Å². The summed E-state index contributed by atoms with van der Waals surface area (Å²) in [6.45, 7) is 2.07. The van der Waals surface area contributed by atoms with E-state index in [4.69, 9.17) is 9.47 Å². The Bertz CT molecular complexity index is 1200. The number of aromatic amines is 1. The number of nitrogens with zero attached hydrogens (tertiary/aromatic N) is 2. The average molecular weight is 564 g/mol. The number of amides is 1. The number of pyridine rings is 1. The van der Waals surface area contributed by atoms with Crippen LogP contribution < -0.4 is 41.6 Å². The van der Waals surface area contributed by atoms with Gasteiger partial charge in [-0.05, 0) is 0 Å². The number of hydrogen-bond donors (Lipinski definition) is 3. The molecule has 0 saturated heterocycles. The van der Waals surface area contributed by atoms with Gasteiger partial charge in [0.15, 0.2) is 0 Å². The Morgan fingerprint density at radius 1 is 1.36 bits per heavy atom. The number of methoxy groups -OCH3 is 1. The van der Waals surface area contributed by atoms with Gasteiger partial charge in [0.05, 0.1) is 0 Å². The monoisotopic (exact) mass is 564 g/mol. The van der Waals surface area contributed by atoms with Crippen LogP contribution in [0, 0.1) is 5.82 Å². The number of carbonyl (C=O) groups is 1. The molecule has 5 rings (SSSR count). The van der Waals surface area contributed by atoms with Crippen LogP contribution in [-0.2, 0) is 0 Å². The zero-order chi connectivity index (χ0) is 22.9. The van der Waals surface area contributed by atoms with E-state index in [-0.39, 0.29) is 15.6 Å². The Morgan fingerprint density at radius 3 is 3.09 bits per heavy atom. The molecule has 174 valence electrons. The molecule has 0 aliphatic carbocycles. The molecule has 8 nitrogen and oxygen atoms in total. The van der Waals surface area contributed by atoms with Crippen LogP contribution in [0.2, 0.25) is 0 Å². The maximum atomic E-state index is 14.4. The zero-order valence-corrected chi connectivity index (χ0v) is 20.4. The summed E-state index contributed by atoms with van der Waals surface area (Å²) < 4.78 is 28.3. The topological polar surface area (TPSA) is 91.5 Å². The van der Waals surface area contributed by atoms with Crippen molar-refractivity contribution in [1.29, 1.82) is 0 Å². The van der Waals surface area contributed by atoms with Crippen molar-refractivity contribution in [3.05, 3.63) is 53.7 Å². The molecule has 10 heteroatoms. The summed E-state index contributed by atoms with van der Waals surface area (Å²) in [5.41, 5.74) is 3.94. The summed E-state index contributed by atoms with van der Waals surface area (Å²) in [7, 11) is 3.54. The Kier molecular flexibility index (Phi) is 6.11. The third-order valence-electron chi connectivity index (χ3n) is 5.65. The summed E-state index contributed by atoms with van der Waals surface area (Å²) in [5.74, 6) is 0.0597. The van der Waals surface area contributed by atoms with Crippen LogP contribution in [0.1, 0.15) is 26.4 Å². The first-order chi connectivity index (χ1) is 16.1. The molecule has 0 spiro atoms. The molecule has 1 atom stereocenters. The molecule has 4 heterocycles. The number of hydrogen-bond acceptors (Lipinski definition) is 6. The number of H-pyrrole nitrogens is 1. The predicted molar refractivity (Wildman–Crippen MR) is 118 cm³/mol. The summed E-state index contributed by atoms with van der Waals surface area (Å²) >= 11 is -0.397. The molecule has 0 unspecified atom stereocenters. The molecule has 33 heavy (non-hydrogen) atoms. The normalized spacial score (nSPS) is 18.5. The number of ether oxygens (including phenoxy) is 2. The van der Waals surface area contributed by atoms with Crippen molar-refractivity contribution in [2.24, 2.45) is 0 Å². The Hall–Kier alpha value is -2.86. The van der Waals surface area contributed by atoms with E-state index in [1.54, 1.807) is 24.5 Å². The number of fused-ring (bicyclic) bond motifs is 3. The van der Waals surface area contributed by atoms with Crippen LogP contribution in [0.5, 0.6) is 11.5 Å². The second kappa shape index (κ2) is 9.18. The van der Waals surface area contributed by atoms with Gasteiger partial charge in [-0.25, -0.2) is 0 Å². The second-order valence-corrected chi connectivity index (χ2v) is 11.5. The number of alkyl halides is 1. The number of aromatic nitrogens is 2. The Morgan fingerprint density at radius 2 is 2.24 bits per heavy atom. The number of benzene rings is 1. The standard InChI is InChI=1S/C23H24FIN5O3/c1-30-9-4-10-33-17-12-26-8-7-13(17)19-21(28-16-6-3-5-14(24)22(16)32-2)18-20(29-19)15(25-30)11-27-23(18)31/h3,5-8,12,15,28-29H,4,9-11H2,1-2H3,(H,27,31)/q-1/t15-/m0/s1. The van der Waals surface area contributed by atoms with Crippen molar-refractivity contribution < 1.29 is 40.1 Å². The van der Waals surface area contributed by atoms with Crippen LogP contribution in [0.15, 0.2) is 36.7 Å². The molecule has 0 radical (unpaired) electrons. The van der Waals surface area contributed by atoms with Crippen molar-refractivity contribution in [3.63, 3.8) is 0 Å². The van der Waals surface area contributed by atoms with E-state index in [2.05, 4.69) is 30.8 Å². The molecule has 1 aromatic carbocycles. The third-order valence-corrected chi connectivity index (χ3v) is 8.82. The fourth-order valence-corrected chi connectivity index (χ4v) is 7.07. The fourth-order valence-electron chi connectivity index (χ4n) is 4.14. The maximum absolute atomic E-state index is 14.4. The van der Waals surface area contributed by atoms with E-state index in [9.17, 15) is 9.18 Å². The van der Waals surface area contributed by atoms with Gasteiger partial charge >= 0.3 is 202 Å². The third kappa shape index (κ3) is 4.12. The van der Waals surface area contributed by atoms with Crippen molar-refractivity contribution in [1.82, 2.24) is 18.4 Å². The molecule has 0 saturated carbocycles. The molecule has 2 aliphatic heterocycles. The van der Waals surface area contributed by atoms with Gasteiger partial charge in [-0.2, -0.15) is 0 Å². The SMILES string of the molecule is COc1c(F)cccc1Nc1c2[nH]c3c1C(=O)NC[C@@H]3[I-]N(C)CCCOc1cnccc1-2. The summed E-state index contributed by atoms with van der Waals surface area (Å²) in [5, 5.41) is 6.34. The fraction of sp³-hybridized carbons (Fsp3) is 0.304.